The van der Waals surface area contributed by atoms with Crippen LogP contribution in [0.2, 0.25) is 0 Å². The molecule has 0 fully saturated rings. The zero-order chi connectivity index (χ0) is 11.1. The van der Waals surface area contributed by atoms with E-state index in [0.29, 0.717) is 13.2 Å². The van der Waals surface area contributed by atoms with E-state index in [1.54, 1.807) is 13.4 Å². The molecule has 0 radical (unpaired) electrons. The minimum atomic E-state index is -0.811. The lowest BCUT2D eigenvalue weighted by Gasteiger charge is -2.29. The Hall–Kier alpha value is -0.580. The average molecular weight is 215 g/mol. The van der Waals surface area contributed by atoms with Crippen LogP contribution in [0.4, 0.5) is 0 Å². The predicted molar refractivity (Wildman–Crippen MR) is 58.6 cm³/mol. The molecule has 1 unspecified atom stereocenters. The van der Waals surface area contributed by atoms with Crippen molar-refractivity contribution >= 4 is 0 Å². The van der Waals surface area contributed by atoms with Crippen molar-refractivity contribution in [1.82, 2.24) is 5.32 Å². The Bertz CT molecular complexity index is 214. The average Bonchev–Trinajstić information content (AvgIpc) is 2.26. The largest absolute Gasteiger partial charge is 0.501 e. The van der Waals surface area contributed by atoms with Gasteiger partial charge in [0.25, 0.3) is 0 Å². The van der Waals surface area contributed by atoms with Gasteiger partial charge < -0.3 is 19.9 Å². The molecule has 0 saturated carbocycles. The molecule has 0 amide bonds. The molecule has 1 heterocycles. The summed E-state index contributed by atoms with van der Waals surface area (Å²) in [5.41, 5.74) is 0.160. The molecular formula is C11H21NO3. The summed E-state index contributed by atoms with van der Waals surface area (Å²) in [4.78, 5) is 0. The Morgan fingerprint density at radius 1 is 1.67 bits per heavy atom. The second-order valence-electron chi connectivity index (χ2n) is 4.06. The first-order valence-electron chi connectivity index (χ1n) is 5.40. The van der Waals surface area contributed by atoms with Crippen molar-refractivity contribution in [1.29, 1.82) is 0 Å². The van der Waals surface area contributed by atoms with Gasteiger partial charge in [-0.05, 0) is 25.3 Å². The minimum absolute atomic E-state index is 0.533. The first-order chi connectivity index (χ1) is 7.17. The lowest BCUT2D eigenvalue weighted by atomic mass is 9.92. The summed E-state index contributed by atoms with van der Waals surface area (Å²) in [6.45, 7) is 4.52. The van der Waals surface area contributed by atoms with Crippen LogP contribution in [0.25, 0.3) is 0 Å². The van der Waals surface area contributed by atoms with Gasteiger partial charge in [0.1, 0.15) is 0 Å². The van der Waals surface area contributed by atoms with Crippen LogP contribution in [-0.2, 0) is 9.47 Å². The maximum Gasteiger partial charge on any atom is 0.0984 e. The Labute approximate surface area is 91.3 Å². The van der Waals surface area contributed by atoms with Gasteiger partial charge in [0.15, 0.2) is 0 Å². The van der Waals surface area contributed by atoms with Gasteiger partial charge in [-0.25, -0.2) is 0 Å². The second-order valence-corrected chi connectivity index (χ2v) is 4.06. The monoisotopic (exact) mass is 215 g/mol. The van der Waals surface area contributed by atoms with Crippen molar-refractivity contribution in [3.63, 3.8) is 0 Å². The van der Waals surface area contributed by atoms with Gasteiger partial charge in [0.05, 0.1) is 25.1 Å². The van der Waals surface area contributed by atoms with E-state index in [-0.39, 0.29) is 0 Å². The highest BCUT2D eigenvalue weighted by Crippen LogP contribution is 2.23. The van der Waals surface area contributed by atoms with E-state index < -0.39 is 5.60 Å². The van der Waals surface area contributed by atoms with Gasteiger partial charge in [-0.3, -0.25) is 0 Å². The van der Waals surface area contributed by atoms with Crippen molar-refractivity contribution in [3.05, 3.63) is 11.8 Å². The first kappa shape index (κ1) is 12.5. The smallest absolute Gasteiger partial charge is 0.0984 e. The van der Waals surface area contributed by atoms with Crippen LogP contribution in [0.5, 0.6) is 0 Å². The van der Waals surface area contributed by atoms with E-state index in [1.807, 2.05) is 6.92 Å². The van der Waals surface area contributed by atoms with Crippen LogP contribution in [-0.4, -0.2) is 44.1 Å². The number of rotatable bonds is 6. The molecule has 0 bridgehead atoms. The highest BCUT2D eigenvalue weighted by atomic mass is 16.5. The van der Waals surface area contributed by atoms with E-state index in [2.05, 4.69) is 5.32 Å². The standard InChI is InChI=1S/C11H21NO3/c1-11(13,9-12-5-7-14-2)10-4-3-6-15-8-10/h8,12-13H,3-7,9H2,1-2H3. The van der Waals surface area contributed by atoms with E-state index >= 15 is 0 Å². The summed E-state index contributed by atoms with van der Waals surface area (Å²) in [6.07, 6.45) is 3.60. The number of aliphatic hydroxyl groups is 1. The molecule has 1 aliphatic rings. The number of hydrogen-bond donors (Lipinski definition) is 2. The summed E-state index contributed by atoms with van der Waals surface area (Å²) in [5.74, 6) is 0. The van der Waals surface area contributed by atoms with Crippen molar-refractivity contribution in [2.45, 2.75) is 25.4 Å². The molecule has 0 spiro atoms. The van der Waals surface area contributed by atoms with Crippen LogP contribution in [0.1, 0.15) is 19.8 Å². The van der Waals surface area contributed by atoms with Crippen LogP contribution < -0.4 is 5.32 Å². The molecule has 1 atom stereocenters. The molecule has 0 aromatic carbocycles. The van der Waals surface area contributed by atoms with Gasteiger partial charge in [-0.15, -0.1) is 0 Å². The Morgan fingerprint density at radius 2 is 2.47 bits per heavy atom. The SMILES string of the molecule is COCCNCC(C)(O)C1=COCCC1. The number of methoxy groups -OCH3 is 1. The van der Waals surface area contributed by atoms with Gasteiger partial charge in [0.2, 0.25) is 0 Å². The molecule has 15 heavy (non-hydrogen) atoms. The Kier molecular flexibility index (Phi) is 5.08. The van der Waals surface area contributed by atoms with Crippen LogP contribution >= 0.6 is 0 Å². The Morgan fingerprint density at radius 3 is 3.07 bits per heavy atom. The van der Waals surface area contributed by atoms with E-state index in [4.69, 9.17) is 9.47 Å². The van der Waals surface area contributed by atoms with Crippen LogP contribution in [0.15, 0.2) is 11.8 Å². The molecule has 0 aromatic rings. The molecule has 4 heteroatoms. The van der Waals surface area contributed by atoms with Gasteiger partial charge >= 0.3 is 0 Å². The Balaban J connectivity index is 2.33. The molecule has 2 N–H and O–H groups in total. The normalized spacial score (nSPS) is 20.3. The molecule has 4 nitrogen and oxygen atoms in total. The molecule has 88 valence electrons. The highest BCUT2D eigenvalue weighted by molar-refractivity contribution is 5.15. The quantitative estimate of drug-likeness (QED) is 0.639. The van der Waals surface area contributed by atoms with Gasteiger partial charge in [-0.2, -0.15) is 0 Å². The van der Waals surface area contributed by atoms with E-state index in [9.17, 15) is 5.11 Å². The van der Waals surface area contributed by atoms with Crippen molar-refractivity contribution in [2.24, 2.45) is 0 Å². The number of hydrogen-bond acceptors (Lipinski definition) is 4. The third-order valence-corrected chi connectivity index (χ3v) is 2.58. The number of ether oxygens (including phenoxy) is 2. The summed E-state index contributed by atoms with van der Waals surface area (Å²) >= 11 is 0. The van der Waals surface area contributed by atoms with Crippen molar-refractivity contribution in [3.8, 4) is 0 Å². The fourth-order valence-corrected chi connectivity index (χ4v) is 1.58. The highest BCUT2D eigenvalue weighted by Gasteiger charge is 2.26. The molecule has 1 rings (SSSR count). The van der Waals surface area contributed by atoms with Crippen molar-refractivity contribution in [2.75, 3.05) is 33.4 Å². The maximum atomic E-state index is 10.2. The van der Waals surface area contributed by atoms with Crippen LogP contribution in [0, 0.1) is 0 Å². The van der Waals surface area contributed by atoms with Crippen LogP contribution in [0.3, 0.4) is 0 Å². The lowest BCUT2D eigenvalue weighted by Crippen LogP contribution is -2.41. The summed E-state index contributed by atoms with van der Waals surface area (Å²) in [6, 6.07) is 0. The molecule has 0 aliphatic carbocycles. The van der Waals surface area contributed by atoms with Gasteiger partial charge in [-0.1, -0.05) is 0 Å². The zero-order valence-electron chi connectivity index (χ0n) is 9.58. The van der Waals surface area contributed by atoms with E-state index in [0.717, 1.165) is 31.6 Å². The number of nitrogens with one attached hydrogen (secondary N) is 1. The lowest BCUT2D eigenvalue weighted by molar-refractivity contribution is 0.0773. The zero-order valence-corrected chi connectivity index (χ0v) is 9.58. The van der Waals surface area contributed by atoms with E-state index in [1.165, 1.54) is 0 Å². The second kappa shape index (κ2) is 6.10. The fourth-order valence-electron chi connectivity index (χ4n) is 1.58. The molecular weight excluding hydrogens is 194 g/mol. The summed E-state index contributed by atoms with van der Waals surface area (Å²) in [5, 5.41) is 13.3. The van der Waals surface area contributed by atoms with Gasteiger partial charge in [0, 0.05) is 20.2 Å². The molecule has 1 aliphatic heterocycles. The molecule has 0 aromatic heterocycles. The third kappa shape index (κ3) is 4.20. The summed E-state index contributed by atoms with van der Waals surface area (Å²) in [7, 11) is 1.66. The predicted octanol–water partition coefficient (Wildman–Crippen LogP) is 0.668. The summed E-state index contributed by atoms with van der Waals surface area (Å²) < 4.78 is 10.1. The molecule has 0 saturated heterocycles. The maximum absolute atomic E-state index is 10.2. The van der Waals surface area contributed by atoms with Crippen molar-refractivity contribution < 1.29 is 14.6 Å². The fraction of sp³-hybridized carbons (Fsp3) is 0.818. The minimum Gasteiger partial charge on any atom is -0.501 e. The first-order valence-corrected chi connectivity index (χ1v) is 5.40. The third-order valence-electron chi connectivity index (χ3n) is 2.58. The topological polar surface area (TPSA) is 50.7 Å².